The van der Waals surface area contributed by atoms with Crippen LogP contribution in [0.15, 0.2) is 24.3 Å². The number of ether oxygens (including phenoxy) is 2. The van der Waals surface area contributed by atoms with E-state index in [0.717, 1.165) is 0 Å². The number of carbonyl (C=O) groups excluding carboxylic acids is 3. The van der Waals surface area contributed by atoms with Crippen LogP contribution in [-0.4, -0.2) is 36.2 Å². The number of alkyl carbamates (subject to hydrolysis) is 1. The van der Waals surface area contributed by atoms with Gasteiger partial charge in [-0.3, -0.25) is 4.79 Å². The Morgan fingerprint density at radius 1 is 1.04 bits per heavy atom. The molecule has 0 aliphatic carbocycles. The fraction of sp³-hybridized carbons (Fsp3) is 0.471. The van der Waals surface area contributed by atoms with Gasteiger partial charge in [-0.2, -0.15) is 0 Å². The van der Waals surface area contributed by atoms with Gasteiger partial charge in [0.15, 0.2) is 0 Å². The van der Waals surface area contributed by atoms with Crippen molar-refractivity contribution in [3.63, 3.8) is 0 Å². The van der Waals surface area contributed by atoms with Crippen molar-refractivity contribution in [3.05, 3.63) is 29.8 Å². The van der Waals surface area contributed by atoms with E-state index in [2.05, 4.69) is 15.4 Å². The number of amides is 2. The highest BCUT2D eigenvalue weighted by Crippen LogP contribution is 2.15. The lowest BCUT2D eigenvalue weighted by atomic mass is 10.0. The fourth-order valence-electron chi connectivity index (χ4n) is 1.74. The second-order valence-electron chi connectivity index (χ2n) is 6.78. The van der Waals surface area contributed by atoms with Gasteiger partial charge < -0.3 is 20.1 Å². The molecule has 0 saturated carbocycles. The normalized spacial score (nSPS) is 11.4. The predicted octanol–water partition coefficient (Wildman–Crippen LogP) is 2.72. The highest BCUT2D eigenvalue weighted by Gasteiger charge is 2.31. The van der Waals surface area contributed by atoms with Gasteiger partial charge >= 0.3 is 12.1 Å². The zero-order valence-corrected chi connectivity index (χ0v) is 14.9. The van der Waals surface area contributed by atoms with Crippen molar-refractivity contribution in [2.45, 2.75) is 45.8 Å². The van der Waals surface area contributed by atoms with Crippen LogP contribution in [0.5, 0.6) is 0 Å². The number of esters is 1. The lowest BCUT2D eigenvalue weighted by Crippen LogP contribution is -2.53. The molecule has 1 aromatic rings. The molecule has 0 aliphatic rings. The van der Waals surface area contributed by atoms with E-state index in [-0.39, 0.29) is 0 Å². The van der Waals surface area contributed by atoms with E-state index in [1.165, 1.54) is 13.2 Å². The third kappa shape index (κ3) is 5.91. The molecule has 0 bridgehead atoms. The summed E-state index contributed by atoms with van der Waals surface area (Å²) in [5.74, 6) is -0.951. The highest BCUT2D eigenvalue weighted by atomic mass is 16.6. The summed E-state index contributed by atoms with van der Waals surface area (Å²) < 4.78 is 9.79. The summed E-state index contributed by atoms with van der Waals surface area (Å²) in [6, 6.07) is 6.32. The Morgan fingerprint density at radius 2 is 1.67 bits per heavy atom. The van der Waals surface area contributed by atoms with Crippen LogP contribution in [-0.2, 0) is 14.3 Å². The van der Waals surface area contributed by atoms with Crippen LogP contribution in [0.1, 0.15) is 45.0 Å². The standard InChI is InChI=1S/C17H24N2O5/c1-16(2,3)24-15(22)19-17(4,5)14(21)18-12-9-7-8-11(10-12)13(20)23-6/h7-10H,1-6H3,(H,18,21)(H,19,22). The Kier molecular flexibility index (Phi) is 5.95. The number of benzene rings is 1. The average Bonchev–Trinajstić information content (AvgIpc) is 2.43. The van der Waals surface area contributed by atoms with Crippen molar-refractivity contribution in [2.75, 3.05) is 12.4 Å². The molecule has 0 spiro atoms. The van der Waals surface area contributed by atoms with Gasteiger partial charge in [0.1, 0.15) is 11.1 Å². The number of carbonyl (C=O) groups is 3. The molecular formula is C17H24N2O5. The topological polar surface area (TPSA) is 93.7 Å². The maximum atomic E-state index is 12.4. The number of hydrogen-bond donors (Lipinski definition) is 2. The maximum Gasteiger partial charge on any atom is 0.408 e. The molecular weight excluding hydrogens is 312 g/mol. The average molecular weight is 336 g/mol. The molecule has 0 aromatic heterocycles. The summed E-state index contributed by atoms with van der Waals surface area (Å²) in [5.41, 5.74) is -1.13. The first-order valence-electron chi connectivity index (χ1n) is 7.45. The fourth-order valence-corrected chi connectivity index (χ4v) is 1.74. The Labute approximate surface area is 141 Å². The second kappa shape index (κ2) is 7.33. The predicted molar refractivity (Wildman–Crippen MR) is 89.9 cm³/mol. The van der Waals surface area contributed by atoms with Crippen molar-refractivity contribution in [3.8, 4) is 0 Å². The van der Waals surface area contributed by atoms with Crippen molar-refractivity contribution in [2.24, 2.45) is 0 Å². The third-order valence-electron chi connectivity index (χ3n) is 2.92. The summed E-state index contributed by atoms with van der Waals surface area (Å²) in [7, 11) is 1.28. The molecule has 2 amide bonds. The molecule has 7 nitrogen and oxygen atoms in total. The molecule has 0 unspecified atom stereocenters. The summed E-state index contributed by atoms with van der Waals surface area (Å²) in [6.07, 6.45) is -0.689. The van der Waals surface area contributed by atoms with Gasteiger partial charge in [0, 0.05) is 5.69 Å². The first kappa shape index (κ1) is 19.5. The van der Waals surface area contributed by atoms with Crippen LogP contribution in [0.4, 0.5) is 10.5 Å². The smallest absolute Gasteiger partial charge is 0.408 e. The molecule has 1 aromatic carbocycles. The molecule has 132 valence electrons. The minimum absolute atomic E-state index is 0.313. The zero-order valence-electron chi connectivity index (χ0n) is 14.9. The number of anilines is 1. The van der Waals surface area contributed by atoms with Crippen molar-refractivity contribution in [1.29, 1.82) is 0 Å². The molecule has 0 radical (unpaired) electrons. The maximum absolute atomic E-state index is 12.4. The summed E-state index contributed by atoms with van der Waals surface area (Å²) >= 11 is 0. The molecule has 0 atom stereocenters. The SMILES string of the molecule is COC(=O)c1cccc(NC(=O)C(C)(C)NC(=O)OC(C)(C)C)c1. The van der Waals surface area contributed by atoms with E-state index in [0.29, 0.717) is 11.3 Å². The Bertz CT molecular complexity index is 632. The Balaban J connectivity index is 2.79. The van der Waals surface area contributed by atoms with Gasteiger partial charge in [-0.15, -0.1) is 0 Å². The second-order valence-corrected chi connectivity index (χ2v) is 6.78. The highest BCUT2D eigenvalue weighted by molar-refractivity contribution is 6.00. The van der Waals surface area contributed by atoms with E-state index in [4.69, 9.17) is 4.74 Å². The molecule has 0 aliphatic heterocycles. The molecule has 24 heavy (non-hydrogen) atoms. The van der Waals surface area contributed by atoms with Crippen molar-refractivity contribution in [1.82, 2.24) is 5.32 Å². The summed E-state index contributed by atoms with van der Waals surface area (Å²) in [5, 5.41) is 5.17. The number of rotatable bonds is 4. The zero-order chi connectivity index (χ0) is 18.5. The lowest BCUT2D eigenvalue weighted by molar-refractivity contribution is -0.121. The molecule has 0 saturated heterocycles. The van der Waals surface area contributed by atoms with Gasteiger partial charge in [-0.1, -0.05) is 6.07 Å². The van der Waals surface area contributed by atoms with Gasteiger partial charge in [0.25, 0.3) is 0 Å². The molecule has 0 fully saturated rings. The van der Waals surface area contributed by atoms with E-state index in [1.807, 2.05) is 0 Å². The van der Waals surface area contributed by atoms with Crippen LogP contribution >= 0.6 is 0 Å². The number of methoxy groups -OCH3 is 1. The molecule has 0 heterocycles. The van der Waals surface area contributed by atoms with Gasteiger partial charge in [-0.25, -0.2) is 9.59 Å². The van der Waals surface area contributed by atoms with Crippen molar-refractivity contribution < 1.29 is 23.9 Å². The third-order valence-corrected chi connectivity index (χ3v) is 2.92. The number of hydrogen-bond acceptors (Lipinski definition) is 5. The molecule has 1 rings (SSSR count). The molecule has 7 heteroatoms. The largest absolute Gasteiger partial charge is 0.465 e. The van der Waals surface area contributed by atoms with Crippen LogP contribution < -0.4 is 10.6 Å². The van der Waals surface area contributed by atoms with Crippen LogP contribution in [0.25, 0.3) is 0 Å². The van der Waals surface area contributed by atoms with Crippen molar-refractivity contribution >= 4 is 23.7 Å². The van der Waals surface area contributed by atoms with E-state index < -0.39 is 29.1 Å². The Hall–Kier alpha value is -2.57. The van der Waals surface area contributed by atoms with E-state index in [9.17, 15) is 14.4 Å². The van der Waals surface area contributed by atoms with E-state index >= 15 is 0 Å². The quantitative estimate of drug-likeness (QED) is 0.825. The first-order valence-corrected chi connectivity index (χ1v) is 7.45. The van der Waals surface area contributed by atoms with Gasteiger partial charge in [0.2, 0.25) is 5.91 Å². The van der Waals surface area contributed by atoms with Gasteiger partial charge in [-0.05, 0) is 52.8 Å². The minimum Gasteiger partial charge on any atom is -0.465 e. The van der Waals surface area contributed by atoms with E-state index in [1.54, 1.807) is 52.8 Å². The summed E-state index contributed by atoms with van der Waals surface area (Å²) in [6.45, 7) is 8.31. The van der Waals surface area contributed by atoms with Crippen LogP contribution in [0.3, 0.4) is 0 Å². The lowest BCUT2D eigenvalue weighted by Gasteiger charge is -2.27. The minimum atomic E-state index is -1.20. The van der Waals surface area contributed by atoms with Crippen LogP contribution in [0.2, 0.25) is 0 Å². The summed E-state index contributed by atoms with van der Waals surface area (Å²) in [4.78, 5) is 35.7. The van der Waals surface area contributed by atoms with Crippen LogP contribution in [0, 0.1) is 0 Å². The first-order chi connectivity index (χ1) is 10.9. The Morgan fingerprint density at radius 3 is 2.21 bits per heavy atom. The monoisotopic (exact) mass is 336 g/mol. The molecule has 2 N–H and O–H groups in total. The van der Waals surface area contributed by atoms with Gasteiger partial charge in [0.05, 0.1) is 12.7 Å². The number of nitrogens with one attached hydrogen (secondary N) is 2.